The van der Waals surface area contributed by atoms with E-state index in [9.17, 15) is 9.59 Å². The summed E-state index contributed by atoms with van der Waals surface area (Å²) in [6.45, 7) is 9.72. The lowest BCUT2D eigenvalue weighted by atomic mass is 9.74. The van der Waals surface area contributed by atoms with Gasteiger partial charge in [0.15, 0.2) is 0 Å². The number of primary amides is 1. The van der Waals surface area contributed by atoms with Crippen LogP contribution in [0.2, 0.25) is 0 Å². The molecule has 2 aliphatic heterocycles. The number of piperidine rings is 1. The van der Waals surface area contributed by atoms with Crippen molar-refractivity contribution in [2.45, 2.75) is 76.9 Å². The summed E-state index contributed by atoms with van der Waals surface area (Å²) in [5.41, 5.74) is 8.74. The average molecular weight is 449 g/mol. The van der Waals surface area contributed by atoms with Crippen LogP contribution in [0.15, 0.2) is 42.6 Å². The largest absolute Gasteiger partial charge is 0.366 e. The lowest BCUT2D eigenvalue weighted by Gasteiger charge is -2.46. The van der Waals surface area contributed by atoms with E-state index >= 15 is 0 Å². The van der Waals surface area contributed by atoms with E-state index in [4.69, 9.17) is 10.7 Å². The van der Waals surface area contributed by atoms with Crippen LogP contribution in [-0.4, -0.2) is 39.3 Å². The molecule has 6 heteroatoms. The fraction of sp³-hybridized carbons (Fsp3) is 0.519. The number of rotatable bonds is 5. The van der Waals surface area contributed by atoms with Crippen molar-refractivity contribution in [2.24, 2.45) is 11.7 Å². The first-order chi connectivity index (χ1) is 15.5. The number of benzene rings is 1. The topological polar surface area (TPSA) is 88.3 Å². The van der Waals surface area contributed by atoms with Crippen molar-refractivity contribution in [3.63, 3.8) is 0 Å². The Morgan fingerprint density at radius 3 is 2.45 bits per heavy atom. The Labute approximate surface area is 197 Å². The summed E-state index contributed by atoms with van der Waals surface area (Å²) < 4.78 is 0. The van der Waals surface area contributed by atoms with Gasteiger partial charge < -0.3 is 16.0 Å². The number of likely N-dealkylation sites (tertiary alicyclic amines) is 1. The van der Waals surface area contributed by atoms with Crippen LogP contribution in [0.5, 0.6) is 0 Å². The van der Waals surface area contributed by atoms with Crippen molar-refractivity contribution >= 4 is 11.8 Å². The van der Waals surface area contributed by atoms with E-state index < -0.39 is 5.91 Å². The molecule has 2 aromatic rings. The highest BCUT2D eigenvalue weighted by molar-refractivity contribution is 5.94. The minimum absolute atomic E-state index is 0.0336. The third kappa shape index (κ3) is 5.44. The van der Waals surface area contributed by atoms with Crippen molar-refractivity contribution in [1.29, 1.82) is 0 Å². The zero-order chi connectivity index (χ0) is 23.8. The number of carbonyl (C=O) groups is 2. The first-order valence-corrected chi connectivity index (χ1v) is 12.0. The molecule has 0 spiro atoms. The maximum absolute atomic E-state index is 13.3. The molecule has 3 heterocycles. The quantitative estimate of drug-likeness (QED) is 0.707. The van der Waals surface area contributed by atoms with Crippen molar-refractivity contribution < 1.29 is 9.59 Å². The molecule has 1 aromatic carbocycles. The van der Waals surface area contributed by atoms with E-state index in [1.54, 1.807) is 12.1 Å². The van der Waals surface area contributed by atoms with E-state index in [0.29, 0.717) is 17.9 Å². The van der Waals surface area contributed by atoms with Gasteiger partial charge in [-0.3, -0.25) is 14.6 Å². The Hall–Kier alpha value is -2.73. The van der Waals surface area contributed by atoms with E-state index in [1.165, 1.54) is 0 Å². The highest BCUT2D eigenvalue weighted by atomic mass is 16.2. The number of aromatic nitrogens is 1. The number of pyridine rings is 1. The van der Waals surface area contributed by atoms with E-state index in [0.717, 1.165) is 49.0 Å². The van der Waals surface area contributed by atoms with Crippen LogP contribution >= 0.6 is 0 Å². The molecule has 6 nitrogen and oxygen atoms in total. The zero-order valence-corrected chi connectivity index (χ0v) is 20.2. The Morgan fingerprint density at radius 2 is 1.82 bits per heavy atom. The second kappa shape index (κ2) is 8.90. The van der Waals surface area contributed by atoms with E-state index in [-0.39, 0.29) is 23.0 Å². The van der Waals surface area contributed by atoms with E-state index in [1.807, 2.05) is 35.4 Å². The van der Waals surface area contributed by atoms with Crippen LogP contribution in [0, 0.1) is 5.92 Å². The predicted molar refractivity (Wildman–Crippen MR) is 131 cm³/mol. The van der Waals surface area contributed by atoms with Crippen LogP contribution < -0.4 is 11.1 Å². The first-order valence-electron chi connectivity index (χ1n) is 12.0. The van der Waals surface area contributed by atoms with Crippen LogP contribution in [0.25, 0.3) is 11.1 Å². The highest BCUT2D eigenvalue weighted by Crippen LogP contribution is 2.37. The van der Waals surface area contributed by atoms with Gasteiger partial charge in [-0.1, -0.05) is 18.2 Å². The molecule has 2 fully saturated rings. The van der Waals surface area contributed by atoms with Gasteiger partial charge in [0.2, 0.25) is 11.8 Å². The summed E-state index contributed by atoms with van der Waals surface area (Å²) >= 11 is 0. The minimum Gasteiger partial charge on any atom is -0.366 e. The van der Waals surface area contributed by atoms with Gasteiger partial charge in [0, 0.05) is 41.4 Å². The van der Waals surface area contributed by atoms with Crippen molar-refractivity contribution in [3.05, 3.63) is 53.9 Å². The van der Waals surface area contributed by atoms with Gasteiger partial charge in [-0.15, -0.1) is 0 Å². The predicted octanol–water partition coefficient (Wildman–Crippen LogP) is 4.46. The number of nitrogens with zero attached hydrogens (tertiary/aromatic N) is 2. The van der Waals surface area contributed by atoms with Crippen molar-refractivity contribution in [1.82, 2.24) is 15.2 Å². The number of nitrogens with two attached hydrogens (primary N) is 1. The molecule has 33 heavy (non-hydrogen) atoms. The van der Waals surface area contributed by atoms with Gasteiger partial charge in [-0.2, -0.15) is 0 Å². The zero-order valence-electron chi connectivity index (χ0n) is 20.2. The van der Waals surface area contributed by atoms with Crippen LogP contribution in [-0.2, 0) is 4.79 Å². The minimum atomic E-state index is -0.443. The third-order valence-electron chi connectivity index (χ3n) is 6.92. The molecule has 0 aliphatic carbocycles. The highest BCUT2D eigenvalue weighted by Gasteiger charge is 2.40. The Morgan fingerprint density at radius 1 is 1.09 bits per heavy atom. The molecule has 3 N–H and O–H groups in total. The molecule has 176 valence electrons. The summed E-state index contributed by atoms with van der Waals surface area (Å²) in [7, 11) is 0. The van der Waals surface area contributed by atoms with Gasteiger partial charge in [0.05, 0.1) is 11.7 Å². The molecule has 2 amide bonds. The standard InChI is InChI=1S/C27H36N4O2/c1-26(2)15-18(16-27(3,4)30-26)13-24(32)31-12-6-9-23(31)22-11-10-21(17-29-22)19-7-5-8-20(14-19)25(28)33/h5,7-8,10-11,14,17-18,23,30H,6,9,12-13,15-16H2,1-4H3,(H2,28,33). The van der Waals surface area contributed by atoms with E-state index in [2.05, 4.69) is 33.0 Å². The summed E-state index contributed by atoms with van der Waals surface area (Å²) in [5.74, 6) is 0.191. The summed E-state index contributed by atoms with van der Waals surface area (Å²) in [6, 6.07) is 11.3. The van der Waals surface area contributed by atoms with Crippen molar-refractivity contribution in [3.8, 4) is 11.1 Å². The number of nitrogens with one attached hydrogen (secondary N) is 1. The Balaban J connectivity index is 1.46. The number of amides is 2. The molecule has 1 aromatic heterocycles. The van der Waals surface area contributed by atoms with Crippen LogP contribution in [0.4, 0.5) is 0 Å². The third-order valence-corrected chi connectivity index (χ3v) is 6.92. The lowest BCUT2D eigenvalue weighted by molar-refractivity contribution is -0.133. The Kier molecular flexibility index (Phi) is 6.32. The summed E-state index contributed by atoms with van der Waals surface area (Å²) in [4.78, 5) is 31.6. The maximum Gasteiger partial charge on any atom is 0.248 e. The molecule has 0 bridgehead atoms. The molecule has 0 saturated carbocycles. The van der Waals surface area contributed by atoms with Gasteiger partial charge in [-0.25, -0.2) is 0 Å². The van der Waals surface area contributed by atoms with Crippen LogP contribution in [0.1, 0.15) is 81.9 Å². The molecule has 0 radical (unpaired) electrons. The number of carbonyl (C=O) groups excluding carboxylic acids is 2. The van der Waals surface area contributed by atoms with Gasteiger partial charge in [0.25, 0.3) is 0 Å². The average Bonchev–Trinajstić information content (AvgIpc) is 3.22. The number of hydrogen-bond donors (Lipinski definition) is 2. The second-order valence-corrected chi connectivity index (χ2v) is 11.0. The second-order valence-electron chi connectivity index (χ2n) is 11.0. The van der Waals surface area contributed by atoms with Gasteiger partial charge in [-0.05, 0) is 83.1 Å². The molecule has 1 atom stereocenters. The molecule has 2 saturated heterocycles. The first kappa shape index (κ1) is 23.4. The monoisotopic (exact) mass is 448 g/mol. The molecular formula is C27H36N4O2. The van der Waals surface area contributed by atoms with Crippen LogP contribution in [0.3, 0.4) is 0 Å². The normalized spacial score (nSPS) is 22.3. The molecular weight excluding hydrogens is 412 g/mol. The fourth-order valence-electron chi connectivity index (χ4n) is 6.04. The molecule has 2 aliphatic rings. The summed E-state index contributed by atoms with van der Waals surface area (Å²) in [6.07, 6.45) is 6.40. The molecule has 4 rings (SSSR count). The number of hydrogen-bond acceptors (Lipinski definition) is 4. The SMILES string of the molecule is CC1(C)CC(CC(=O)N2CCCC2c2ccc(-c3cccc(C(N)=O)c3)cn2)CC(C)(C)N1. The summed E-state index contributed by atoms with van der Waals surface area (Å²) in [5, 5.41) is 3.71. The molecule has 1 unspecified atom stereocenters. The Bertz CT molecular complexity index is 1010. The maximum atomic E-state index is 13.3. The fourth-order valence-corrected chi connectivity index (χ4v) is 6.04. The van der Waals surface area contributed by atoms with Gasteiger partial charge >= 0.3 is 0 Å². The lowest BCUT2D eigenvalue weighted by Crippen LogP contribution is -2.58. The van der Waals surface area contributed by atoms with Crippen molar-refractivity contribution in [2.75, 3.05) is 6.54 Å². The van der Waals surface area contributed by atoms with Gasteiger partial charge in [0.1, 0.15) is 0 Å². The smallest absolute Gasteiger partial charge is 0.248 e.